The first-order chi connectivity index (χ1) is 15.8. The molecule has 1 N–H and O–H groups in total. The van der Waals surface area contributed by atoms with E-state index in [2.05, 4.69) is 26.0 Å². The maximum atomic E-state index is 12.8. The van der Waals surface area contributed by atoms with Crippen LogP contribution in [-0.2, 0) is 19.1 Å². The minimum Gasteiger partial charge on any atom is -0.493 e. The Kier molecular flexibility index (Phi) is 8.12. The first-order valence-corrected chi connectivity index (χ1v) is 11.1. The molecular formula is C22H19BrN2O7S. The maximum Gasteiger partial charge on any atom is 0.343 e. The van der Waals surface area contributed by atoms with Crippen LogP contribution >= 0.6 is 27.7 Å². The van der Waals surface area contributed by atoms with Crippen LogP contribution < -0.4 is 14.8 Å². The fourth-order valence-electron chi connectivity index (χ4n) is 2.77. The lowest BCUT2D eigenvalue weighted by molar-refractivity contribution is -0.143. The molecule has 33 heavy (non-hydrogen) atoms. The van der Waals surface area contributed by atoms with Gasteiger partial charge in [-0.15, -0.1) is 0 Å². The predicted molar refractivity (Wildman–Crippen MR) is 126 cm³/mol. The number of para-hydroxylation sites is 1. The molecule has 1 heterocycles. The smallest absolute Gasteiger partial charge is 0.343 e. The van der Waals surface area contributed by atoms with Crippen molar-refractivity contribution in [1.29, 1.82) is 0 Å². The van der Waals surface area contributed by atoms with Crippen LogP contribution in [0, 0.1) is 0 Å². The van der Waals surface area contributed by atoms with Crippen LogP contribution in [0.3, 0.4) is 0 Å². The third-order valence-corrected chi connectivity index (χ3v) is 5.97. The van der Waals surface area contributed by atoms with E-state index in [1.165, 1.54) is 20.3 Å². The molecule has 0 bridgehead atoms. The molecule has 2 aromatic rings. The van der Waals surface area contributed by atoms with Gasteiger partial charge in [0.2, 0.25) is 5.91 Å². The third kappa shape index (κ3) is 6.14. The Morgan fingerprint density at radius 2 is 1.85 bits per heavy atom. The van der Waals surface area contributed by atoms with Gasteiger partial charge in [-0.1, -0.05) is 34.1 Å². The molecule has 0 atom stereocenters. The number of anilines is 1. The largest absolute Gasteiger partial charge is 0.493 e. The zero-order valence-corrected chi connectivity index (χ0v) is 20.0. The average molecular weight is 535 g/mol. The predicted octanol–water partition coefficient (Wildman–Crippen LogP) is 3.68. The molecule has 11 heteroatoms. The van der Waals surface area contributed by atoms with Gasteiger partial charge in [0.25, 0.3) is 11.1 Å². The van der Waals surface area contributed by atoms with E-state index in [4.69, 9.17) is 9.47 Å². The number of amides is 3. The lowest BCUT2D eigenvalue weighted by Crippen LogP contribution is -2.36. The monoisotopic (exact) mass is 534 g/mol. The van der Waals surface area contributed by atoms with Gasteiger partial charge in [-0.2, -0.15) is 0 Å². The number of hydrogen-bond acceptors (Lipinski definition) is 8. The van der Waals surface area contributed by atoms with Crippen molar-refractivity contribution in [1.82, 2.24) is 4.90 Å². The number of ether oxygens (including phenoxy) is 3. The van der Waals surface area contributed by atoms with Gasteiger partial charge in [0.1, 0.15) is 6.54 Å². The van der Waals surface area contributed by atoms with Crippen molar-refractivity contribution in [3.8, 4) is 11.5 Å². The van der Waals surface area contributed by atoms with Gasteiger partial charge < -0.3 is 19.5 Å². The Balaban J connectivity index is 1.75. The Hall–Kier alpha value is -3.31. The van der Waals surface area contributed by atoms with Crippen molar-refractivity contribution in [2.45, 2.75) is 0 Å². The molecule has 2 aromatic carbocycles. The number of nitrogens with one attached hydrogen (secondary N) is 1. The molecule has 1 aliphatic heterocycles. The number of esters is 1. The fourth-order valence-corrected chi connectivity index (χ4v) is 4.04. The number of carbonyl (C=O) groups is 4. The van der Waals surface area contributed by atoms with E-state index in [9.17, 15) is 19.2 Å². The van der Waals surface area contributed by atoms with Gasteiger partial charge in [0, 0.05) is 10.2 Å². The average Bonchev–Trinajstić information content (AvgIpc) is 3.06. The van der Waals surface area contributed by atoms with Crippen LogP contribution in [0.4, 0.5) is 10.5 Å². The summed E-state index contributed by atoms with van der Waals surface area (Å²) >= 11 is 4.12. The molecule has 172 valence electrons. The first kappa shape index (κ1) is 24.3. The molecule has 0 aromatic heterocycles. The lowest BCUT2D eigenvalue weighted by Gasteiger charge is -2.13. The molecule has 3 rings (SSSR count). The summed E-state index contributed by atoms with van der Waals surface area (Å²) in [6.07, 6.45) is 1.51. The second-order valence-electron chi connectivity index (χ2n) is 6.57. The summed E-state index contributed by atoms with van der Waals surface area (Å²) in [6.45, 7) is -0.704. The van der Waals surface area contributed by atoms with E-state index in [1.54, 1.807) is 36.4 Å². The van der Waals surface area contributed by atoms with E-state index >= 15 is 0 Å². The van der Waals surface area contributed by atoms with Crippen LogP contribution in [-0.4, -0.2) is 55.3 Å². The minimum atomic E-state index is -0.579. The highest BCUT2D eigenvalue weighted by Gasteiger charge is 2.36. The highest BCUT2D eigenvalue weighted by Crippen LogP contribution is 2.38. The zero-order valence-electron chi connectivity index (χ0n) is 17.6. The molecule has 9 nitrogen and oxygen atoms in total. The number of nitrogens with zero attached hydrogens (tertiary/aromatic N) is 1. The van der Waals surface area contributed by atoms with Crippen LogP contribution in [0.15, 0.2) is 51.8 Å². The molecular weight excluding hydrogens is 516 g/mol. The number of carbonyl (C=O) groups excluding carboxylic acids is 4. The van der Waals surface area contributed by atoms with Gasteiger partial charge in [-0.3, -0.25) is 19.3 Å². The van der Waals surface area contributed by atoms with Gasteiger partial charge >= 0.3 is 5.97 Å². The topological polar surface area (TPSA) is 111 Å². The van der Waals surface area contributed by atoms with E-state index in [1.807, 2.05) is 6.07 Å². The van der Waals surface area contributed by atoms with Gasteiger partial charge in [0.15, 0.2) is 18.1 Å². The van der Waals surface area contributed by atoms with Crippen molar-refractivity contribution in [3.63, 3.8) is 0 Å². The van der Waals surface area contributed by atoms with Crippen LogP contribution in [0.1, 0.15) is 5.56 Å². The highest BCUT2D eigenvalue weighted by atomic mass is 79.9. The first-order valence-electron chi connectivity index (χ1n) is 9.49. The second kappa shape index (κ2) is 11.0. The fraction of sp³-hybridized carbons (Fsp3) is 0.182. The summed E-state index contributed by atoms with van der Waals surface area (Å²) in [6, 6.07) is 11.9. The maximum absolute atomic E-state index is 12.8. The van der Waals surface area contributed by atoms with Crippen molar-refractivity contribution in [2.24, 2.45) is 0 Å². The summed E-state index contributed by atoms with van der Waals surface area (Å²) in [5, 5.41) is 2.10. The van der Waals surface area contributed by atoms with Crippen molar-refractivity contribution in [2.75, 3.05) is 32.7 Å². The minimum absolute atomic E-state index is 0.151. The molecule has 3 amide bonds. The SMILES string of the molecule is COC(=O)COc1cc(Br)c(/C=C2/SC(=O)N(CC(=O)Nc3ccccc3)C2=O)cc1OC. The summed E-state index contributed by atoms with van der Waals surface area (Å²) in [4.78, 5) is 49.8. The standard InChI is InChI=1S/C22H19BrN2O7S/c1-30-16-8-13(15(23)10-17(16)32-12-20(27)31-2)9-18-21(28)25(22(29)33-18)11-19(26)24-14-6-4-3-5-7-14/h3-10H,11-12H2,1-2H3,(H,24,26)/b18-9+. The number of thioether (sulfide) groups is 1. The Labute approximate surface area is 202 Å². The van der Waals surface area contributed by atoms with Crippen molar-refractivity contribution < 1.29 is 33.4 Å². The van der Waals surface area contributed by atoms with E-state index in [0.29, 0.717) is 21.5 Å². The van der Waals surface area contributed by atoms with E-state index in [0.717, 1.165) is 16.7 Å². The number of benzene rings is 2. The lowest BCUT2D eigenvalue weighted by atomic mass is 10.2. The third-order valence-electron chi connectivity index (χ3n) is 4.38. The molecule has 1 aliphatic rings. The number of hydrogen-bond donors (Lipinski definition) is 1. The highest BCUT2D eigenvalue weighted by molar-refractivity contribution is 9.10. The summed E-state index contributed by atoms with van der Waals surface area (Å²) in [5.41, 5.74) is 1.10. The Bertz CT molecular complexity index is 1120. The van der Waals surface area contributed by atoms with E-state index in [-0.39, 0.29) is 17.3 Å². The summed E-state index contributed by atoms with van der Waals surface area (Å²) < 4.78 is 15.8. The molecule has 0 unspecified atom stereocenters. The van der Waals surface area contributed by atoms with Gasteiger partial charge in [-0.25, -0.2) is 4.79 Å². The second-order valence-corrected chi connectivity index (χ2v) is 8.42. The zero-order chi connectivity index (χ0) is 24.0. The molecule has 1 saturated heterocycles. The van der Waals surface area contributed by atoms with Gasteiger partial charge in [-0.05, 0) is 47.7 Å². The molecule has 0 radical (unpaired) electrons. The van der Waals surface area contributed by atoms with Gasteiger partial charge in [0.05, 0.1) is 19.1 Å². The Morgan fingerprint density at radius 1 is 1.12 bits per heavy atom. The number of methoxy groups -OCH3 is 2. The Morgan fingerprint density at radius 3 is 2.52 bits per heavy atom. The van der Waals surface area contributed by atoms with Crippen LogP contribution in [0.5, 0.6) is 11.5 Å². The number of imide groups is 1. The van der Waals surface area contributed by atoms with Crippen LogP contribution in [0.2, 0.25) is 0 Å². The quantitative estimate of drug-likeness (QED) is 0.403. The number of halogens is 1. The molecule has 0 saturated carbocycles. The molecule has 0 aliphatic carbocycles. The molecule has 1 fully saturated rings. The summed E-state index contributed by atoms with van der Waals surface area (Å²) in [5.74, 6) is -1.01. The molecule has 0 spiro atoms. The van der Waals surface area contributed by atoms with Crippen molar-refractivity contribution in [3.05, 3.63) is 57.4 Å². The van der Waals surface area contributed by atoms with Crippen LogP contribution in [0.25, 0.3) is 6.08 Å². The normalized spacial score (nSPS) is 14.4. The number of rotatable bonds is 8. The van der Waals surface area contributed by atoms with Crippen molar-refractivity contribution >= 4 is 62.5 Å². The summed E-state index contributed by atoms with van der Waals surface area (Å²) in [7, 11) is 2.68. The van der Waals surface area contributed by atoms with E-state index < -0.39 is 29.6 Å².